The number of carboxylic acid groups (broad SMARTS) is 1. The van der Waals surface area contributed by atoms with Crippen molar-refractivity contribution >= 4 is 45.9 Å². The topological polar surface area (TPSA) is 91.1 Å². The molecule has 2 N–H and O–H groups in total. The van der Waals surface area contributed by atoms with E-state index in [-0.39, 0.29) is 17.2 Å². The highest BCUT2D eigenvalue weighted by atomic mass is 32.2. The maximum Gasteiger partial charge on any atom is 0.337 e. The van der Waals surface area contributed by atoms with Gasteiger partial charge in [0.15, 0.2) is 0 Å². The number of hydrogen-bond donors (Lipinski definition) is 2. The molecule has 1 aliphatic heterocycles. The van der Waals surface area contributed by atoms with E-state index in [0.29, 0.717) is 4.32 Å². The van der Waals surface area contributed by atoms with Gasteiger partial charge in [0.05, 0.1) is 11.3 Å². The van der Waals surface area contributed by atoms with Crippen molar-refractivity contribution in [1.29, 1.82) is 0 Å². The van der Waals surface area contributed by atoms with Crippen molar-refractivity contribution in [1.82, 2.24) is 5.32 Å². The van der Waals surface area contributed by atoms with E-state index in [1.807, 2.05) is 0 Å². The lowest BCUT2D eigenvalue weighted by molar-refractivity contribution is -0.118. The number of nitrogens with zero attached hydrogens (tertiary/aromatic N) is 2. The Bertz CT molecular complexity index is 559. The van der Waals surface area contributed by atoms with Crippen LogP contribution in [0.5, 0.6) is 0 Å². The largest absolute Gasteiger partial charge is 0.478 e. The van der Waals surface area contributed by atoms with Gasteiger partial charge >= 0.3 is 5.97 Å². The van der Waals surface area contributed by atoms with Gasteiger partial charge in [-0.3, -0.25) is 4.79 Å². The molecule has 1 fully saturated rings. The summed E-state index contributed by atoms with van der Waals surface area (Å²) < 4.78 is 0.343. The first kappa shape index (κ1) is 12.7. The minimum atomic E-state index is -1.09. The molecule has 1 saturated heterocycles. The Labute approximate surface area is 111 Å². The summed E-state index contributed by atoms with van der Waals surface area (Å²) >= 11 is 5.88. The maximum atomic E-state index is 11.3. The van der Waals surface area contributed by atoms with Crippen LogP contribution in [0, 0.1) is 0 Å². The molecule has 8 heteroatoms. The quantitative estimate of drug-likeness (QED) is 0.652. The highest BCUT2D eigenvalue weighted by Gasteiger charge is 2.29. The zero-order valence-corrected chi connectivity index (χ0v) is 10.5. The minimum Gasteiger partial charge on any atom is -0.478 e. The van der Waals surface area contributed by atoms with Crippen molar-refractivity contribution in [3.05, 3.63) is 29.8 Å². The third-order valence-corrected chi connectivity index (χ3v) is 3.31. The molecule has 0 spiro atoms. The molecule has 1 atom stereocenters. The smallest absolute Gasteiger partial charge is 0.337 e. The van der Waals surface area contributed by atoms with E-state index in [1.165, 1.54) is 12.1 Å². The van der Waals surface area contributed by atoms with Gasteiger partial charge < -0.3 is 10.4 Å². The van der Waals surface area contributed by atoms with Crippen molar-refractivity contribution in [2.24, 2.45) is 10.2 Å². The van der Waals surface area contributed by atoms with Crippen LogP contribution in [-0.4, -0.2) is 26.7 Å². The first-order chi connectivity index (χ1) is 8.58. The Morgan fingerprint density at radius 1 is 1.44 bits per heavy atom. The predicted octanol–water partition coefficient (Wildman–Crippen LogP) is 1.94. The van der Waals surface area contributed by atoms with Gasteiger partial charge in [-0.2, -0.15) is 10.2 Å². The van der Waals surface area contributed by atoms with Gasteiger partial charge in [0.25, 0.3) is 5.91 Å². The molecule has 0 aliphatic carbocycles. The lowest BCUT2D eigenvalue weighted by Gasteiger charge is -1.99. The third-order valence-electron chi connectivity index (χ3n) is 2.07. The number of carboxylic acids is 1. The summed E-state index contributed by atoms with van der Waals surface area (Å²) in [6.07, 6.45) is 0. The molecule has 1 heterocycles. The summed E-state index contributed by atoms with van der Waals surface area (Å²) in [7, 11) is 0. The van der Waals surface area contributed by atoms with Crippen molar-refractivity contribution in [2.75, 3.05) is 0 Å². The highest BCUT2D eigenvalue weighted by Crippen LogP contribution is 2.24. The normalized spacial score (nSPS) is 19.2. The number of nitrogens with one attached hydrogen (secondary N) is 1. The Balaban J connectivity index is 2.21. The summed E-state index contributed by atoms with van der Waals surface area (Å²) in [5.41, 5.74) is 0.239. The van der Waals surface area contributed by atoms with Gasteiger partial charge in [0.1, 0.15) is 4.32 Å². The molecule has 6 nitrogen and oxygen atoms in total. The Kier molecular flexibility index (Phi) is 3.68. The number of carbonyl (C=O) groups excluding carboxylic acids is 1. The first-order valence-electron chi connectivity index (χ1n) is 4.82. The van der Waals surface area contributed by atoms with E-state index < -0.39 is 11.3 Å². The Hall–Kier alpha value is -1.80. The van der Waals surface area contributed by atoms with E-state index in [2.05, 4.69) is 15.5 Å². The Morgan fingerprint density at radius 3 is 2.78 bits per heavy atom. The van der Waals surface area contributed by atoms with Crippen LogP contribution in [0.3, 0.4) is 0 Å². The molecule has 0 radical (unpaired) electrons. The zero-order valence-electron chi connectivity index (χ0n) is 8.86. The van der Waals surface area contributed by atoms with Crippen LogP contribution in [0.2, 0.25) is 0 Å². The van der Waals surface area contributed by atoms with E-state index in [0.717, 1.165) is 11.8 Å². The number of aromatic carboxylic acids is 1. The van der Waals surface area contributed by atoms with Crippen LogP contribution in [0.15, 0.2) is 34.5 Å². The van der Waals surface area contributed by atoms with Crippen LogP contribution in [0.1, 0.15) is 10.4 Å². The molecule has 92 valence electrons. The van der Waals surface area contributed by atoms with Gasteiger partial charge in [0.2, 0.25) is 5.37 Å². The summed E-state index contributed by atoms with van der Waals surface area (Å²) in [5, 5.41) is 18.2. The fraction of sp³-hybridized carbons (Fsp3) is 0.100. The van der Waals surface area contributed by atoms with E-state index >= 15 is 0 Å². The number of amides is 1. The maximum absolute atomic E-state index is 11.3. The second kappa shape index (κ2) is 5.23. The lowest BCUT2D eigenvalue weighted by Crippen LogP contribution is -2.22. The summed E-state index contributed by atoms with van der Waals surface area (Å²) in [4.78, 5) is 22.3. The van der Waals surface area contributed by atoms with Crippen molar-refractivity contribution in [3.63, 3.8) is 0 Å². The molecule has 1 aromatic rings. The summed E-state index contributed by atoms with van der Waals surface area (Å²) in [5.74, 6) is -1.44. The van der Waals surface area contributed by atoms with Gasteiger partial charge in [-0.15, -0.1) is 0 Å². The van der Waals surface area contributed by atoms with Gasteiger partial charge in [0, 0.05) is 0 Å². The number of rotatable bonds is 3. The second-order valence-electron chi connectivity index (χ2n) is 3.28. The average Bonchev–Trinajstić information content (AvgIpc) is 2.65. The van der Waals surface area contributed by atoms with Gasteiger partial charge in [-0.1, -0.05) is 36.1 Å². The third kappa shape index (κ3) is 2.71. The van der Waals surface area contributed by atoms with Gasteiger partial charge in [-0.05, 0) is 12.1 Å². The van der Waals surface area contributed by atoms with Crippen LogP contribution in [0.4, 0.5) is 5.69 Å². The van der Waals surface area contributed by atoms with E-state index in [9.17, 15) is 9.59 Å². The molecule has 0 aromatic heterocycles. The molecular weight excluding hydrogens is 274 g/mol. The molecule has 1 amide bonds. The number of thioether (sulfide) groups is 1. The number of carbonyl (C=O) groups is 2. The second-order valence-corrected chi connectivity index (χ2v) is 5.04. The molecule has 18 heavy (non-hydrogen) atoms. The fourth-order valence-electron chi connectivity index (χ4n) is 1.28. The van der Waals surface area contributed by atoms with Crippen LogP contribution in [-0.2, 0) is 4.79 Å². The molecule has 0 unspecified atom stereocenters. The average molecular weight is 281 g/mol. The summed E-state index contributed by atoms with van der Waals surface area (Å²) in [6.45, 7) is 0. The SMILES string of the molecule is O=C(O)c1ccccc1N=N[C@H]1SC(=S)NC1=O. The molecule has 1 aliphatic rings. The summed E-state index contributed by atoms with van der Waals surface area (Å²) in [6, 6.07) is 6.17. The molecular formula is C10H7N3O3S2. The predicted molar refractivity (Wildman–Crippen MR) is 70.0 cm³/mol. The van der Waals surface area contributed by atoms with Crippen molar-refractivity contribution in [2.45, 2.75) is 5.37 Å². The van der Waals surface area contributed by atoms with E-state index in [1.54, 1.807) is 12.1 Å². The van der Waals surface area contributed by atoms with Crippen LogP contribution >= 0.6 is 24.0 Å². The standard InChI is InChI=1S/C10H7N3O3S2/c14-7-8(18-10(17)11-7)13-12-6-4-2-1-3-5(6)9(15)16/h1-4,8H,(H,15,16)(H,11,14,17)/t8-/m0/s1. The minimum absolute atomic E-state index is 0.0345. The number of azo groups is 1. The van der Waals surface area contributed by atoms with Crippen molar-refractivity contribution in [3.8, 4) is 0 Å². The molecule has 1 aromatic carbocycles. The number of thiocarbonyl (C=S) groups is 1. The fourth-order valence-corrected chi connectivity index (χ4v) is 2.28. The monoisotopic (exact) mass is 281 g/mol. The van der Waals surface area contributed by atoms with Crippen molar-refractivity contribution < 1.29 is 14.7 Å². The van der Waals surface area contributed by atoms with Crippen LogP contribution in [0.25, 0.3) is 0 Å². The molecule has 2 rings (SSSR count). The van der Waals surface area contributed by atoms with E-state index in [4.69, 9.17) is 17.3 Å². The first-order valence-corrected chi connectivity index (χ1v) is 6.11. The molecule has 0 bridgehead atoms. The van der Waals surface area contributed by atoms with Crippen LogP contribution < -0.4 is 5.32 Å². The highest BCUT2D eigenvalue weighted by molar-refractivity contribution is 8.24. The van der Waals surface area contributed by atoms with Gasteiger partial charge in [-0.25, -0.2) is 4.79 Å². The lowest BCUT2D eigenvalue weighted by atomic mass is 10.2. The molecule has 0 saturated carbocycles. The zero-order chi connectivity index (χ0) is 13.1. The number of benzene rings is 1. The number of hydrogen-bond acceptors (Lipinski definition) is 6. The Morgan fingerprint density at radius 2 is 2.17 bits per heavy atom.